The Labute approximate surface area is 131 Å². The van der Waals surface area contributed by atoms with Crippen LogP contribution >= 0.6 is 0 Å². The maximum atomic E-state index is 12.8. The first-order valence-corrected chi connectivity index (χ1v) is 9.20. The lowest BCUT2D eigenvalue weighted by molar-refractivity contribution is -0.0436. The Morgan fingerprint density at radius 2 is 1.83 bits per heavy atom. The van der Waals surface area contributed by atoms with Gasteiger partial charge in [0.15, 0.2) is 0 Å². The summed E-state index contributed by atoms with van der Waals surface area (Å²) in [7, 11) is -10.2. The molecule has 0 aliphatic rings. The Morgan fingerprint density at radius 1 is 1.26 bits per heavy atom. The number of ether oxygens (including phenoxy) is 1. The van der Waals surface area contributed by atoms with Crippen LogP contribution < -0.4 is 10.5 Å². The summed E-state index contributed by atoms with van der Waals surface area (Å²) in [6.07, 6.45) is -0.803. The van der Waals surface area contributed by atoms with E-state index in [0.29, 0.717) is 6.07 Å². The summed E-state index contributed by atoms with van der Waals surface area (Å²) in [4.78, 5) is -2.00. The van der Waals surface area contributed by atoms with E-state index in [0.717, 1.165) is 12.1 Å². The maximum absolute atomic E-state index is 12.8. The molecule has 1 aromatic carbocycles. The molecule has 0 aromatic heterocycles. The topological polar surface area (TPSA) is 116 Å². The molecule has 1 unspecified atom stereocenters. The van der Waals surface area contributed by atoms with Crippen LogP contribution in [0.2, 0.25) is 0 Å². The number of halogens is 3. The van der Waals surface area contributed by atoms with Gasteiger partial charge in [-0.15, -0.1) is 0 Å². The van der Waals surface area contributed by atoms with Gasteiger partial charge < -0.3 is 10.1 Å². The third kappa shape index (κ3) is 4.56. The minimum atomic E-state index is -5.79. The highest BCUT2D eigenvalue weighted by Gasteiger charge is 2.48. The molecule has 0 radical (unpaired) electrons. The first-order chi connectivity index (χ1) is 10.3. The quantitative estimate of drug-likeness (QED) is 0.726. The normalized spacial score (nSPS) is 14.5. The smallest absolute Gasteiger partial charge is 0.359 e. The van der Waals surface area contributed by atoms with E-state index in [9.17, 15) is 30.0 Å². The van der Waals surface area contributed by atoms with Crippen molar-refractivity contribution in [3.05, 3.63) is 18.2 Å². The van der Waals surface area contributed by atoms with Crippen LogP contribution in [0, 0.1) is 0 Å². The lowest BCUT2D eigenvalue weighted by Gasteiger charge is -2.19. The summed E-state index contributed by atoms with van der Waals surface area (Å²) in [6.45, 7) is 3.31. The third-order valence-corrected chi connectivity index (χ3v) is 5.09. The van der Waals surface area contributed by atoms with Gasteiger partial charge in [-0.05, 0) is 32.0 Å². The fourth-order valence-corrected chi connectivity index (χ4v) is 3.22. The first-order valence-electron chi connectivity index (χ1n) is 6.17. The fourth-order valence-electron chi connectivity index (χ4n) is 1.66. The summed E-state index contributed by atoms with van der Waals surface area (Å²) in [5, 5.41) is 7.26. The van der Waals surface area contributed by atoms with Gasteiger partial charge in [-0.3, -0.25) is 0 Å². The van der Waals surface area contributed by atoms with Crippen LogP contribution in [0.4, 0.5) is 18.9 Å². The largest absolute Gasteiger partial charge is 0.501 e. The van der Waals surface area contributed by atoms with Crippen molar-refractivity contribution in [3.63, 3.8) is 0 Å². The summed E-state index contributed by atoms with van der Waals surface area (Å²) < 4.78 is 89.2. The van der Waals surface area contributed by atoms with Crippen LogP contribution in [0.1, 0.15) is 13.8 Å². The summed E-state index contributed by atoms with van der Waals surface area (Å²) >= 11 is 0. The van der Waals surface area contributed by atoms with Crippen molar-refractivity contribution in [1.29, 1.82) is 0 Å². The summed E-state index contributed by atoms with van der Waals surface area (Å²) in [5.74, 6) is 0. The van der Waals surface area contributed by atoms with E-state index < -0.39 is 47.1 Å². The molecule has 0 spiro atoms. The van der Waals surface area contributed by atoms with Crippen LogP contribution in [0.3, 0.4) is 0 Å². The molecule has 7 nitrogen and oxygen atoms in total. The van der Waals surface area contributed by atoms with Crippen molar-refractivity contribution in [3.8, 4) is 0 Å². The standard InChI is InChI=1S/C11H15F3N2O5S2/c1-3-21-7(2)16-9-5-4-8(23(15,19)20)6-10(9)22(17,18)11(12,13)14/h4-7,16H,3H2,1-2H3,(H2,15,19,20). The van der Waals surface area contributed by atoms with Gasteiger partial charge >= 0.3 is 5.51 Å². The van der Waals surface area contributed by atoms with Gasteiger partial charge in [-0.1, -0.05) is 0 Å². The molecule has 1 rings (SSSR count). The predicted octanol–water partition coefficient (Wildman–Crippen LogP) is 1.42. The highest BCUT2D eigenvalue weighted by molar-refractivity contribution is 7.92. The SMILES string of the molecule is CCOC(C)Nc1ccc(S(N)(=O)=O)cc1S(=O)(=O)C(F)(F)F. The third-order valence-electron chi connectivity index (χ3n) is 2.65. The highest BCUT2D eigenvalue weighted by atomic mass is 32.2. The first kappa shape index (κ1) is 19.7. The average molecular weight is 376 g/mol. The maximum Gasteiger partial charge on any atom is 0.501 e. The number of anilines is 1. The van der Waals surface area contributed by atoms with Crippen molar-refractivity contribution in [2.24, 2.45) is 5.14 Å². The lowest BCUT2D eigenvalue weighted by Crippen LogP contribution is -2.27. The van der Waals surface area contributed by atoms with Crippen molar-refractivity contribution < 1.29 is 34.7 Å². The molecule has 132 valence electrons. The zero-order chi connectivity index (χ0) is 18.1. The molecular weight excluding hydrogens is 361 g/mol. The van der Waals surface area contributed by atoms with E-state index in [2.05, 4.69) is 5.32 Å². The highest BCUT2D eigenvalue weighted by Crippen LogP contribution is 2.35. The number of primary sulfonamides is 1. The van der Waals surface area contributed by atoms with Gasteiger partial charge in [0, 0.05) is 6.61 Å². The molecule has 0 saturated carbocycles. The summed E-state index contributed by atoms with van der Waals surface area (Å²) in [5.41, 5.74) is -6.05. The van der Waals surface area contributed by atoms with Crippen molar-refractivity contribution in [1.82, 2.24) is 0 Å². The Hall–Kier alpha value is -1.37. The van der Waals surface area contributed by atoms with Crippen molar-refractivity contribution >= 4 is 25.5 Å². The Bertz CT molecular complexity index is 775. The van der Waals surface area contributed by atoms with E-state index >= 15 is 0 Å². The number of hydrogen-bond donors (Lipinski definition) is 2. The number of nitrogens with one attached hydrogen (secondary N) is 1. The minimum Gasteiger partial charge on any atom is -0.359 e. The molecule has 23 heavy (non-hydrogen) atoms. The second kappa shape index (κ2) is 6.63. The van der Waals surface area contributed by atoms with E-state index in [1.165, 1.54) is 6.92 Å². The fraction of sp³-hybridized carbons (Fsp3) is 0.455. The van der Waals surface area contributed by atoms with E-state index in [-0.39, 0.29) is 6.61 Å². The van der Waals surface area contributed by atoms with Crippen molar-refractivity contribution in [2.75, 3.05) is 11.9 Å². The zero-order valence-electron chi connectivity index (χ0n) is 12.1. The predicted molar refractivity (Wildman–Crippen MR) is 75.8 cm³/mol. The van der Waals surface area contributed by atoms with Gasteiger partial charge in [0.2, 0.25) is 10.0 Å². The molecule has 3 N–H and O–H groups in total. The van der Waals surface area contributed by atoms with Crippen LogP contribution in [0.15, 0.2) is 28.0 Å². The number of hydrogen-bond acceptors (Lipinski definition) is 6. The number of rotatable bonds is 6. The second-order valence-corrected chi connectivity index (χ2v) is 7.87. The molecule has 12 heteroatoms. The summed E-state index contributed by atoms with van der Waals surface area (Å²) in [6, 6.07) is 2.14. The number of alkyl halides is 3. The number of sulfone groups is 1. The Balaban J connectivity index is 3.54. The monoisotopic (exact) mass is 376 g/mol. The molecule has 0 aliphatic carbocycles. The van der Waals surface area contributed by atoms with Crippen LogP contribution in [-0.4, -0.2) is 35.2 Å². The number of nitrogens with two attached hydrogens (primary N) is 1. The number of benzene rings is 1. The molecule has 0 saturated heterocycles. The molecule has 0 heterocycles. The molecular formula is C11H15F3N2O5S2. The van der Waals surface area contributed by atoms with Crippen molar-refractivity contribution in [2.45, 2.75) is 35.4 Å². The molecule has 1 aromatic rings. The van der Waals surface area contributed by atoms with Gasteiger partial charge in [-0.25, -0.2) is 22.0 Å². The van der Waals surface area contributed by atoms with Gasteiger partial charge in [0.25, 0.3) is 9.84 Å². The van der Waals surface area contributed by atoms with E-state index in [1.54, 1.807) is 6.92 Å². The molecule has 0 fully saturated rings. The second-order valence-electron chi connectivity index (χ2n) is 4.39. The number of sulfonamides is 1. The Kier molecular flexibility index (Phi) is 5.67. The van der Waals surface area contributed by atoms with E-state index in [4.69, 9.17) is 9.88 Å². The molecule has 0 amide bonds. The van der Waals surface area contributed by atoms with Crippen LogP contribution in [-0.2, 0) is 24.6 Å². The zero-order valence-corrected chi connectivity index (χ0v) is 13.7. The molecule has 0 bridgehead atoms. The van der Waals surface area contributed by atoms with E-state index in [1.807, 2.05) is 0 Å². The van der Waals surface area contributed by atoms with Gasteiger partial charge in [0.1, 0.15) is 11.1 Å². The van der Waals surface area contributed by atoms with Crippen LogP contribution in [0.25, 0.3) is 0 Å². The van der Waals surface area contributed by atoms with Crippen LogP contribution in [0.5, 0.6) is 0 Å². The molecule has 0 aliphatic heterocycles. The van der Waals surface area contributed by atoms with Gasteiger partial charge in [-0.2, -0.15) is 13.2 Å². The average Bonchev–Trinajstić information content (AvgIpc) is 2.36. The Morgan fingerprint density at radius 3 is 2.26 bits per heavy atom. The molecule has 1 atom stereocenters. The lowest BCUT2D eigenvalue weighted by atomic mass is 10.3. The van der Waals surface area contributed by atoms with Gasteiger partial charge in [0.05, 0.1) is 10.6 Å². The minimum absolute atomic E-state index is 0.227.